The van der Waals surface area contributed by atoms with Gasteiger partial charge in [-0.05, 0) is 12.1 Å². The van der Waals surface area contributed by atoms with E-state index < -0.39 is 37.3 Å². The average molecular weight is 349 g/mol. The van der Waals surface area contributed by atoms with E-state index in [1.54, 1.807) is 6.20 Å². The Morgan fingerprint density at radius 2 is 1.67 bits per heavy atom. The maximum atomic E-state index is 9.94. The number of aliphatic hydroxyl groups is 4. The number of ether oxygens (including phenoxy) is 2. The van der Waals surface area contributed by atoms with Crippen molar-refractivity contribution in [2.24, 2.45) is 0 Å². The average Bonchev–Trinajstić information content (AvgIpc) is 2.91. The zero-order chi connectivity index (χ0) is 15.0. The minimum Gasteiger partial charge on any atom is -0.460 e. The Hall–Kier alpha value is -1.76. The van der Waals surface area contributed by atoms with Crippen LogP contribution in [0.25, 0.3) is 10.9 Å². The van der Waals surface area contributed by atoms with Crippen LogP contribution in [-0.4, -0.2) is 79.2 Å². The molecule has 0 unspecified atom stereocenters. The molecule has 10 heteroatoms. The van der Waals surface area contributed by atoms with Gasteiger partial charge in [-0.15, -0.1) is 0 Å². The predicted octanol–water partition coefficient (Wildman–Crippen LogP) is -3.13. The molecular weight excluding hydrogens is 326 g/mol. The van der Waals surface area contributed by atoms with Crippen molar-refractivity contribution in [2.45, 2.75) is 30.7 Å². The molecular formula is C14H23NO9. The van der Waals surface area contributed by atoms with Gasteiger partial charge in [-0.3, -0.25) is 0 Å². The van der Waals surface area contributed by atoms with Gasteiger partial charge in [0.15, 0.2) is 0 Å². The van der Waals surface area contributed by atoms with Crippen molar-refractivity contribution in [1.29, 1.82) is 0 Å². The van der Waals surface area contributed by atoms with Gasteiger partial charge in [0, 0.05) is 17.1 Å². The second-order valence-corrected chi connectivity index (χ2v) is 5.01. The molecule has 1 saturated heterocycles. The van der Waals surface area contributed by atoms with Crippen LogP contribution >= 0.6 is 0 Å². The molecule has 0 aliphatic carbocycles. The van der Waals surface area contributed by atoms with Gasteiger partial charge in [-0.1, -0.05) is 12.1 Å². The summed E-state index contributed by atoms with van der Waals surface area (Å²) in [5, 5.41) is 39.3. The second kappa shape index (κ2) is 8.92. The number of nitrogens with one attached hydrogen (secondary N) is 1. The molecule has 2 aromatic rings. The van der Waals surface area contributed by atoms with E-state index in [0.29, 0.717) is 5.75 Å². The lowest BCUT2D eigenvalue weighted by Gasteiger charge is -2.39. The highest BCUT2D eigenvalue weighted by Crippen LogP contribution is 2.29. The fraction of sp³-hybridized carbons (Fsp3) is 0.429. The molecule has 1 aromatic heterocycles. The third-order valence-electron chi connectivity index (χ3n) is 3.64. The van der Waals surface area contributed by atoms with Gasteiger partial charge in [-0.2, -0.15) is 0 Å². The molecule has 11 N–H and O–H groups in total. The number of hydrogen-bond acceptors (Lipinski definition) is 6. The molecule has 1 aliphatic rings. The highest BCUT2D eigenvalue weighted by Gasteiger charge is 2.44. The van der Waals surface area contributed by atoms with Gasteiger partial charge in [0.25, 0.3) is 0 Å². The highest BCUT2D eigenvalue weighted by molar-refractivity contribution is 5.85. The fourth-order valence-corrected chi connectivity index (χ4v) is 2.43. The van der Waals surface area contributed by atoms with E-state index in [-0.39, 0.29) is 16.4 Å². The van der Waals surface area contributed by atoms with Crippen molar-refractivity contribution in [1.82, 2.24) is 4.98 Å². The van der Waals surface area contributed by atoms with Crippen molar-refractivity contribution in [3.63, 3.8) is 0 Å². The quantitative estimate of drug-likeness (QED) is 0.386. The third kappa shape index (κ3) is 3.83. The van der Waals surface area contributed by atoms with Gasteiger partial charge >= 0.3 is 0 Å². The number of aromatic nitrogens is 1. The Morgan fingerprint density at radius 1 is 1.00 bits per heavy atom. The number of aromatic amines is 1. The molecule has 1 fully saturated rings. The Morgan fingerprint density at radius 3 is 2.33 bits per heavy atom. The fourth-order valence-electron chi connectivity index (χ4n) is 2.43. The topological polar surface area (TPSA) is 210 Å². The molecule has 0 radical (unpaired) electrons. The summed E-state index contributed by atoms with van der Waals surface area (Å²) < 4.78 is 10.9. The van der Waals surface area contributed by atoms with Crippen molar-refractivity contribution in [2.75, 3.05) is 6.61 Å². The normalized spacial score (nSPS) is 29.1. The molecule has 10 nitrogen and oxygen atoms in total. The number of hydrogen-bond donors (Lipinski definition) is 5. The molecule has 5 atom stereocenters. The Bertz CT molecular complexity index is 617. The predicted molar refractivity (Wildman–Crippen MR) is 83.5 cm³/mol. The van der Waals surface area contributed by atoms with Crippen molar-refractivity contribution < 1.29 is 46.3 Å². The molecule has 1 aromatic carbocycles. The summed E-state index contributed by atoms with van der Waals surface area (Å²) in [5.41, 5.74) is 0.858. The van der Waals surface area contributed by atoms with Crippen LogP contribution in [0.5, 0.6) is 5.75 Å². The summed E-state index contributed by atoms with van der Waals surface area (Å²) in [6, 6.07) is 7.42. The highest BCUT2D eigenvalue weighted by atomic mass is 16.7. The lowest BCUT2D eigenvalue weighted by molar-refractivity contribution is -0.277. The molecule has 0 spiro atoms. The second-order valence-electron chi connectivity index (χ2n) is 5.01. The van der Waals surface area contributed by atoms with Crippen LogP contribution in [0.4, 0.5) is 0 Å². The van der Waals surface area contributed by atoms with Crippen molar-refractivity contribution >= 4 is 10.9 Å². The first-order valence-electron chi connectivity index (χ1n) is 6.65. The number of para-hydroxylation sites is 1. The van der Waals surface area contributed by atoms with Crippen LogP contribution in [0, 0.1) is 0 Å². The molecule has 0 bridgehead atoms. The van der Waals surface area contributed by atoms with Gasteiger partial charge in [0.05, 0.1) is 6.61 Å². The minimum atomic E-state index is -1.45. The Labute approximate surface area is 136 Å². The van der Waals surface area contributed by atoms with Crippen molar-refractivity contribution in [3.05, 3.63) is 30.5 Å². The zero-order valence-electron chi connectivity index (χ0n) is 12.6. The van der Waals surface area contributed by atoms with Crippen LogP contribution in [0.15, 0.2) is 30.5 Å². The maximum absolute atomic E-state index is 9.94. The van der Waals surface area contributed by atoms with Crippen LogP contribution in [0.1, 0.15) is 0 Å². The largest absolute Gasteiger partial charge is 0.460 e. The lowest BCUT2D eigenvalue weighted by atomic mass is 9.99. The number of rotatable bonds is 3. The number of aliphatic hydroxyl groups excluding tert-OH is 4. The smallest absolute Gasteiger partial charge is 0.229 e. The molecule has 0 amide bonds. The van der Waals surface area contributed by atoms with Gasteiger partial charge in [0.1, 0.15) is 30.2 Å². The molecule has 2 heterocycles. The van der Waals surface area contributed by atoms with Crippen LogP contribution < -0.4 is 4.74 Å². The first kappa shape index (κ1) is 22.2. The summed E-state index contributed by atoms with van der Waals surface area (Å²) in [6.07, 6.45) is -4.82. The van der Waals surface area contributed by atoms with Crippen molar-refractivity contribution in [3.8, 4) is 5.75 Å². The molecule has 138 valence electrons. The molecule has 0 saturated carbocycles. The summed E-state index contributed by atoms with van der Waals surface area (Å²) in [7, 11) is 0. The molecule has 3 rings (SSSR count). The van der Waals surface area contributed by atoms with Crippen LogP contribution in [0.3, 0.4) is 0 Å². The Kier molecular flexibility index (Phi) is 8.26. The summed E-state index contributed by atoms with van der Waals surface area (Å²) in [6.45, 7) is -0.487. The van der Waals surface area contributed by atoms with E-state index >= 15 is 0 Å². The number of benzene rings is 1. The monoisotopic (exact) mass is 349 g/mol. The van der Waals surface area contributed by atoms with Gasteiger partial charge < -0.3 is 51.3 Å². The SMILES string of the molecule is O.O.O.OC[C@H]1O[C@@H](Oc2c[nH]c3ccccc23)[C@H](O)[C@@H](O)[C@@H]1O. The maximum Gasteiger partial charge on any atom is 0.229 e. The minimum absolute atomic E-state index is 0. The van der Waals surface area contributed by atoms with Gasteiger partial charge in [0.2, 0.25) is 6.29 Å². The summed E-state index contributed by atoms with van der Waals surface area (Å²) >= 11 is 0. The van der Waals surface area contributed by atoms with Gasteiger partial charge in [-0.25, -0.2) is 0 Å². The first-order chi connectivity index (χ1) is 10.1. The van der Waals surface area contributed by atoms with E-state index in [9.17, 15) is 15.3 Å². The summed E-state index contributed by atoms with van der Waals surface area (Å²) in [5.74, 6) is 0.454. The molecule has 1 aliphatic heterocycles. The number of H-pyrrole nitrogens is 1. The van der Waals surface area contributed by atoms with E-state index in [1.165, 1.54) is 0 Å². The standard InChI is InChI=1S/C14H17NO6.3H2O/c16-6-10-11(17)12(18)13(19)14(21-10)20-9-5-15-8-4-2-1-3-7(8)9;;;/h1-5,10-19H,6H2;3*1H2/t10-,11-,12+,13-,14-;;;/m1.../s1. The summed E-state index contributed by atoms with van der Waals surface area (Å²) in [4.78, 5) is 3.01. The first-order valence-corrected chi connectivity index (χ1v) is 6.65. The number of fused-ring (bicyclic) bond motifs is 1. The third-order valence-corrected chi connectivity index (χ3v) is 3.64. The van der Waals surface area contributed by atoms with Crippen LogP contribution in [0.2, 0.25) is 0 Å². The van der Waals surface area contributed by atoms with E-state index in [2.05, 4.69) is 4.98 Å². The van der Waals surface area contributed by atoms with E-state index in [1.807, 2.05) is 24.3 Å². The Balaban J connectivity index is 0.00000176. The lowest BCUT2D eigenvalue weighted by Crippen LogP contribution is -2.60. The molecule has 24 heavy (non-hydrogen) atoms. The van der Waals surface area contributed by atoms with E-state index in [0.717, 1.165) is 10.9 Å². The zero-order valence-corrected chi connectivity index (χ0v) is 12.6. The van der Waals surface area contributed by atoms with Crippen LogP contribution in [-0.2, 0) is 4.74 Å². The van der Waals surface area contributed by atoms with E-state index in [4.69, 9.17) is 14.6 Å².